The fraction of sp³-hybridized carbons (Fsp3) is 0. The number of hydrogen-bond acceptors (Lipinski definition) is 6. The number of para-hydroxylation sites is 2. The van der Waals surface area contributed by atoms with Crippen LogP contribution in [0.1, 0.15) is 5.56 Å². The molecular weight excluding hydrogens is 989 g/mol. The first-order chi connectivity index (χ1) is 38.6. The van der Waals surface area contributed by atoms with Crippen LogP contribution in [0.5, 0.6) is 0 Å². The number of rotatable bonds is 7. The highest BCUT2D eigenvalue weighted by molar-refractivity contribution is 7.27. The molecule has 16 aromatic rings. The predicted molar refractivity (Wildman–Crippen MR) is 326 cm³/mol. The first kappa shape index (κ1) is 44.3. The SMILES string of the molecule is N#Cc1ccc(-c2ccc(-n3c4ccccc4c4c5sc6ccccc6c5ccc43)c(-c3ccc(-n4c5ccccc5c5c6sc7ccccc7c6ccc54)c(-c4nc(-c5ccccc5)nc(-c5ccccc5)n4)c3)c2)cc1. The zero-order valence-electron chi connectivity index (χ0n) is 41.6. The third-order valence-corrected chi connectivity index (χ3v) is 17.8. The Labute approximate surface area is 455 Å². The Balaban J connectivity index is 1.01. The lowest BCUT2D eigenvalue weighted by Crippen LogP contribution is -2.04. The van der Waals surface area contributed by atoms with Gasteiger partial charge >= 0.3 is 0 Å². The lowest BCUT2D eigenvalue weighted by Gasteiger charge is -2.19. The Hall–Kier alpha value is -10.0. The van der Waals surface area contributed by atoms with Crippen molar-refractivity contribution in [2.24, 2.45) is 0 Å². The average Bonchev–Trinajstić information content (AvgIpc) is 4.45. The van der Waals surface area contributed by atoms with Gasteiger partial charge in [0.25, 0.3) is 0 Å². The first-order valence-electron chi connectivity index (χ1n) is 26.0. The summed E-state index contributed by atoms with van der Waals surface area (Å²) in [5.74, 6) is 1.74. The van der Waals surface area contributed by atoms with Crippen molar-refractivity contribution >= 4 is 107 Å². The van der Waals surface area contributed by atoms with E-state index in [0.29, 0.717) is 23.0 Å². The summed E-state index contributed by atoms with van der Waals surface area (Å²) < 4.78 is 9.96. The first-order valence-corrected chi connectivity index (χ1v) is 27.6. The van der Waals surface area contributed by atoms with E-state index in [1.54, 1.807) is 0 Å². The van der Waals surface area contributed by atoms with Gasteiger partial charge in [-0.1, -0.05) is 170 Å². The lowest BCUT2D eigenvalue weighted by molar-refractivity contribution is 1.06. The molecule has 78 heavy (non-hydrogen) atoms. The Morgan fingerprint density at radius 3 is 1.29 bits per heavy atom. The van der Waals surface area contributed by atoms with Gasteiger partial charge in [0.15, 0.2) is 17.5 Å². The topological polar surface area (TPSA) is 72.3 Å². The molecule has 0 fully saturated rings. The van der Waals surface area contributed by atoms with Crippen LogP contribution in [0.2, 0.25) is 0 Å². The highest BCUT2D eigenvalue weighted by atomic mass is 32.1. The number of fused-ring (bicyclic) bond motifs is 14. The van der Waals surface area contributed by atoms with Crippen LogP contribution in [0.25, 0.3) is 152 Å². The zero-order valence-corrected chi connectivity index (χ0v) is 43.2. The minimum absolute atomic E-state index is 0.558. The summed E-state index contributed by atoms with van der Waals surface area (Å²) in [7, 11) is 0. The smallest absolute Gasteiger partial charge is 0.166 e. The minimum Gasteiger partial charge on any atom is -0.309 e. The molecule has 0 amide bonds. The van der Waals surface area contributed by atoms with Gasteiger partial charge < -0.3 is 9.13 Å². The van der Waals surface area contributed by atoms with E-state index in [1.807, 2.05) is 83.3 Å². The highest BCUT2D eigenvalue weighted by Gasteiger charge is 2.25. The summed E-state index contributed by atoms with van der Waals surface area (Å²) in [6.07, 6.45) is 0. The van der Waals surface area contributed by atoms with Crippen LogP contribution in [-0.4, -0.2) is 24.1 Å². The number of aromatic nitrogens is 5. The van der Waals surface area contributed by atoms with E-state index in [9.17, 15) is 5.26 Å². The molecule has 0 spiro atoms. The summed E-state index contributed by atoms with van der Waals surface area (Å²) in [5.41, 5.74) is 13.8. The number of nitrogens with zero attached hydrogens (tertiary/aromatic N) is 6. The van der Waals surface area contributed by atoms with Crippen molar-refractivity contribution in [3.63, 3.8) is 0 Å². The third kappa shape index (κ3) is 6.82. The monoisotopic (exact) mass is 1030 g/mol. The molecule has 0 atom stereocenters. The second-order valence-corrected chi connectivity index (χ2v) is 21.9. The third-order valence-electron chi connectivity index (χ3n) is 15.4. The quantitative estimate of drug-likeness (QED) is 0.159. The van der Waals surface area contributed by atoms with Crippen molar-refractivity contribution < 1.29 is 0 Å². The van der Waals surface area contributed by atoms with E-state index >= 15 is 0 Å². The molecule has 0 radical (unpaired) electrons. The van der Waals surface area contributed by atoms with E-state index in [2.05, 4.69) is 197 Å². The Kier molecular flexibility index (Phi) is 9.94. The van der Waals surface area contributed by atoms with E-state index in [-0.39, 0.29) is 0 Å². The minimum atomic E-state index is 0.558. The molecule has 11 aromatic carbocycles. The maximum atomic E-state index is 9.81. The van der Waals surface area contributed by atoms with Gasteiger partial charge in [0.2, 0.25) is 0 Å². The average molecular weight is 1030 g/mol. The van der Waals surface area contributed by atoms with Crippen LogP contribution in [-0.2, 0) is 0 Å². The predicted octanol–water partition coefficient (Wildman–Crippen LogP) is 19.0. The molecule has 0 unspecified atom stereocenters. The molecule has 0 N–H and O–H groups in total. The van der Waals surface area contributed by atoms with Crippen molar-refractivity contribution in [1.82, 2.24) is 24.1 Å². The maximum Gasteiger partial charge on any atom is 0.166 e. The Morgan fingerprint density at radius 2 is 0.756 bits per heavy atom. The van der Waals surface area contributed by atoms with E-state index < -0.39 is 0 Å². The molecule has 16 rings (SSSR count). The molecule has 5 heterocycles. The summed E-state index contributed by atoms with van der Waals surface area (Å²) in [4.78, 5) is 16.1. The molecule has 5 aromatic heterocycles. The van der Waals surface area contributed by atoms with Gasteiger partial charge in [-0.15, -0.1) is 22.7 Å². The maximum absolute atomic E-state index is 9.81. The lowest BCUT2D eigenvalue weighted by atomic mass is 9.94. The molecule has 0 bridgehead atoms. The van der Waals surface area contributed by atoms with E-state index in [1.165, 1.54) is 61.9 Å². The highest BCUT2D eigenvalue weighted by Crippen LogP contribution is 2.48. The second-order valence-electron chi connectivity index (χ2n) is 19.8. The molecule has 0 aliphatic heterocycles. The van der Waals surface area contributed by atoms with Crippen LogP contribution in [0.4, 0.5) is 0 Å². The summed E-state index contributed by atoms with van der Waals surface area (Å²) in [6, 6.07) is 88.5. The fourth-order valence-corrected chi connectivity index (χ4v) is 14.4. The van der Waals surface area contributed by atoms with Gasteiger partial charge in [-0.05, 0) is 89.5 Å². The molecule has 0 saturated heterocycles. The number of hydrogen-bond donors (Lipinski definition) is 0. The summed E-state index contributed by atoms with van der Waals surface area (Å²) in [5, 5.41) is 19.7. The standard InChI is InChI=1S/C70H40N6S2/c71-41-42-27-29-43(30-28-42)46-31-35-58(75-56-23-11-7-21-52(56)64-60(75)37-33-50-48-19-9-13-25-62(48)77-66(50)64)54(39-46)47-32-36-59(55(40-47)70-73-68(44-15-3-1-4-16-44)72-69(74-70)45-17-5-2-6-18-45)76-57-24-12-8-22-53(57)65-61(76)38-34-51-49-20-10-14-26-63(49)78-67(51)65/h1-40H. The number of nitriles is 1. The van der Waals surface area contributed by atoms with Gasteiger partial charge in [0.05, 0.1) is 45.1 Å². The van der Waals surface area contributed by atoms with Crippen LogP contribution in [0.15, 0.2) is 243 Å². The normalized spacial score (nSPS) is 11.8. The van der Waals surface area contributed by atoms with Gasteiger partial charge in [-0.2, -0.15) is 5.26 Å². The molecule has 0 aliphatic carbocycles. The molecule has 362 valence electrons. The van der Waals surface area contributed by atoms with E-state index in [0.717, 1.165) is 72.4 Å². The van der Waals surface area contributed by atoms with Gasteiger partial charge in [-0.3, -0.25) is 0 Å². The molecule has 0 aliphatic rings. The zero-order chi connectivity index (χ0) is 51.4. The van der Waals surface area contributed by atoms with Gasteiger partial charge in [0.1, 0.15) is 0 Å². The van der Waals surface area contributed by atoms with Gasteiger partial charge in [-0.25, -0.2) is 15.0 Å². The second kappa shape index (κ2) is 17.5. The summed E-state index contributed by atoms with van der Waals surface area (Å²) in [6.45, 7) is 0. The summed E-state index contributed by atoms with van der Waals surface area (Å²) >= 11 is 3.72. The van der Waals surface area contributed by atoms with Crippen LogP contribution >= 0.6 is 22.7 Å². The Bertz CT molecular complexity index is 5100. The molecule has 6 nitrogen and oxygen atoms in total. The molecular formula is C70H40N6S2. The van der Waals surface area contributed by atoms with Crippen molar-refractivity contribution in [2.75, 3.05) is 0 Å². The number of thiophene rings is 2. The molecule has 8 heteroatoms. The number of benzene rings is 11. The van der Waals surface area contributed by atoms with E-state index in [4.69, 9.17) is 15.0 Å². The largest absolute Gasteiger partial charge is 0.309 e. The van der Waals surface area contributed by atoms with Crippen molar-refractivity contribution in [2.45, 2.75) is 0 Å². The van der Waals surface area contributed by atoms with Crippen molar-refractivity contribution in [3.8, 4) is 73.9 Å². The van der Waals surface area contributed by atoms with Crippen LogP contribution in [0, 0.1) is 11.3 Å². The van der Waals surface area contributed by atoms with Crippen LogP contribution in [0.3, 0.4) is 0 Å². The van der Waals surface area contributed by atoms with Crippen molar-refractivity contribution in [1.29, 1.82) is 5.26 Å². The van der Waals surface area contributed by atoms with Crippen molar-refractivity contribution in [3.05, 3.63) is 248 Å². The van der Waals surface area contributed by atoms with Crippen LogP contribution < -0.4 is 0 Å². The Morgan fingerprint density at radius 1 is 0.321 bits per heavy atom. The molecule has 0 saturated carbocycles. The fourth-order valence-electron chi connectivity index (χ4n) is 11.9. The van der Waals surface area contributed by atoms with Gasteiger partial charge in [0, 0.05) is 84.1 Å².